The minimum atomic E-state index is -0.187. The van der Waals surface area contributed by atoms with E-state index in [1.165, 1.54) is 33.4 Å². The largest absolute Gasteiger partial charge is 0.356 e. The normalized spacial score (nSPS) is 12.5. The third-order valence-corrected chi connectivity index (χ3v) is 14.1. The summed E-state index contributed by atoms with van der Waals surface area (Å²) in [6.45, 7) is 3.11. The van der Waals surface area contributed by atoms with E-state index in [-0.39, 0.29) is 53.6 Å². The Hall–Kier alpha value is -6.51. The van der Waals surface area contributed by atoms with E-state index in [1.54, 1.807) is 0 Å². The molecule has 6 rings (SSSR count). The first-order chi connectivity index (χ1) is 38.1. The number of benzene rings is 6. The second-order valence-electron chi connectivity index (χ2n) is 20.5. The van der Waals surface area contributed by atoms with E-state index in [2.05, 4.69) is 113 Å². The smallest absolute Gasteiger partial charge is 0.223 e. The van der Waals surface area contributed by atoms with Gasteiger partial charge in [-0.05, 0) is 136 Å². The molecule has 0 heterocycles. The highest BCUT2D eigenvalue weighted by Crippen LogP contribution is 2.20. The molecule has 0 aromatic heterocycles. The summed E-state index contributed by atoms with van der Waals surface area (Å²) in [5.41, 5.74) is 41.8. The van der Waals surface area contributed by atoms with Gasteiger partial charge in [0.15, 0.2) is 0 Å². The summed E-state index contributed by atoms with van der Waals surface area (Å²) >= 11 is 0. The van der Waals surface area contributed by atoms with Crippen molar-refractivity contribution in [1.82, 2.24) is 16.0 Å². The standard InChI is InChI=1S/C23H33N3O.C22H31N3O.C21H29N3O/c24-18-22(25)12-7-17-26-23(27)21(15-13-19-8-3-1-4-9-19)16-14-20-10-5-2-6-11-20;23-15-7-12-21(24)17-25-22(26)20(16-19-10-5-2-6-11-19)14-13-18-8-3-1-4-9-18;22-15-20(23)16-24-21(25)19(13-11-17-7-3-1-4-8-17)14-12-18-9-5-2-6-10-18/h1-6,8-11,21-22H,7,12-18,24-25H2,(H,26,27);1-6,8-11,20-21H,7,12-17,23-24H2,(H,25,26);1-10,19-20H,11-16,22-23H2,(H,24,25)/t22-;20?,21-;20-/m000/s1. The van der Waals surface area contributed by atoms with Crippen molar-refractivity contribution in [2.45, 2.75) is 114 Å². The first kappa shape index (κ1) is 64.0. The lowest BCUT2D eigenvalue weighted by Crippen LogP contribution is -2.43. The Morgan fingerprint density at radius 1 is 0.333 bits per heavy atom. The lowest BCUT2D eigenvalue weighted by Gasteiger charge is -2.19. The van der Waals surface area contributed by atoms with Crippen LogP contribution in [0.25, 0.3) is 0 Å². The van der Waals surface area contributed by atoms with Crippen molar-refractivity contribution in [3.63, 3.8) is 0 Å². The maximum absolute atomic E-state index is 12.8. The highest BCUT2D eigenvalue weighted by atomic mass is 16.2. The van der Waals surface area contributed by atoms with Gasteiger partial charge >= 0.3 is 0 Å². The molecular formula is C66H93N9O3. The summed E-state index contributed by atoms with van der Waals surface area (Å²) in [7, 11) is 0. The molecule has 12 nitrogen and oxygen atoms in total. The zero-order valence-electron chi connectivity index (χ0n) is 46.3. The SMILES string of the molecule is NCCC[C@H](N)CNC(=O)C(CCc1ccccc1)Cc1ccccc1.NC[C@@H](N)CCCNC(=O)C(CCc1ccccc1)CCc1ccccc1.NC[C@H](N)CNC(=O)C(CCc1ccccc1)CCc1ccccc1. The monoisotopic (exact) mass is 1060 g/mol. The number of carbonyl (C=O) groups is 3. The molecule has 0 fully saturated rings. The minimum absolute atomic E-state index is 0.0218. The van der Waals surface area contributed by atoms with E-state index < -0.39 is 0 Å². The van der Waals surface area contributed by atoms with Gasteiger partial charge in [0.25, 0.3) is 0 Å². The van der Waals surface area contributed by atoms with Gasteiger partial charge in [0.2, 0.25) is 17.7 Å². The number of carbonyl (C=O) groups excluding carboxylic acids is 3. The van der Waals surface area contributed by atoms with E-state index >= 15 is 0 Å². The van der Waals surface area contributed by atoms with Gasteiger partial charge in [-0.2, -0.15) is 0 Å². The van der Waals surface area contributed by atoms with Crippen LogP contribution in [0.15, 0.2) is 182 Å². The molecule has 1 unspecified atom stereocenters. The molecule has 0 spiro atoms. The molecule has 0 bridgehead atoms. The Morgan fingerprint density at radius 3 is 0.974 bits per heavy atom. The zero-order valence-corrected chi connectivity index (χ0v) is 46.3. The second-order valence-corrected chi connectivity index (χ2v) is 20.5. The van der Waals surface area contributed by atoms with Crippen LogP contribution in [0, 0.1) is 17.8 Å². The first-order valence-corrected chi connectivity index (χ1v) is 28.5. The van der Waals surface area contributed by atoms with Gasteiger partial charge in [-0.3, -0.25) is 14.4 Å². The Morgan fingerprint density at radius 2 is 0.628 bits per heavy atom. The average molecular weight is 1060 g/mol. The summed E-state index contributed by atoms with van der Waals surface area (Å²) in [6, 6.07) is 61.7. The molecule has 12 heteroatoms. The fraction of sp³-hybridized carbons (Fsp3) is 0.409. The van der Waals surface area contributed by atoms with Gasteiger partial charge in [0.05, 0.1) is 0 Å². The Balaban J connectivity index is 0.000000253. The van der Waals surface area contributed by atoms with Crippen LogP contribution in [0.3, 0.4) is 0 Å². The predicted octanol–water partition coefficient (Wildman–Crippen LogP) is 7.98. The summed E-state index contributed by atoms with van der Waals surface area (Å²) < 4.78 is 0. The van der Waals surface area contributed by atoms with E-state index in [9.17, 15) is 14.4 Å². The quantitative estimate of drug-likeness (QED) is 0.0181. The van der Waals surface area contributed by atoms with Gasteiger partial charge in [-0.1, -0.05) is 182 Å². The van der Waals surface area contributed by atoms with Gasteiger partial charge in [0.1, 0.15) is 0 Å². The summed E-state index contributed by atoms with van der Waals surface area (Å²) in [5.74, 6) is 0.269. The van der Waals surface area contributed by atoms with E-state index in [1.807, 2.05) is 84.9 Å². The number of rotatable bonds is 33. The Labute approximate surface area is 467 Å². The van der Waals surface area contributed by atoms with E-state index in [0.717, 1.165) is 96.3 Å². The fourth-order valence-electron chi connectivity index (χ4n) is 9.12. The van der Waals surface area contributed by atoms with Crippen LogP contribution in [0.4, 0.5) is 0 Å². The average Bonchev–Trinajstić information content (AvgIpc) is 3.49. The maximum atomic E-state index is 12.8. The summed E-state index contributed by atoms with van der Waals surface area (Å²) in [6.07, 6.45) is 12.9. The Kier molecular flexibility index (Phi) is 32.7. The van der Waals surface area contributed by atoms with Crippen molar-refractivity contribution in [2.75, 3.05) is 39.3 Å². The van der Waals surface area contributed by atoms with Gasteiger partial charge < -0.3 is 50.4 Å². The highest BCUT2D eigenvalue weighted by molar-refractivity contribution is 5.79. The van der Waals surface area contributed by atoms with Crippen molar-refractivity contribution in [3.05, 3.63) is 215 Å². The van der Waals surface area contributed by atoms with Crippen molar-refractivity contribution in [2.24, 2.45) is 52.2 Å². The number of amides is 3. The third kappa shape index (κ3) is 28.2. The molecule has 0 aliphatic rings. The molecule has 3 amide bonds. The third-order valence-electron chi connectivity index (χ3n) is 14.1. The van der Waals surface area contributed by atoms with Crippen molar-refractivity contribution >= 4 is 17.7 Å². The molecule has 6 aromatic carbocycles. The molecule has 0 radical (unpaired) electrons. The van der Waals surface area contributed by atoms with E-state index in [4.69, 9.17) is 34.4 Å². The number of nitrogens with two attached hydrogens (primary N) is 6. The lowest BCUT2D eigenvalue weighted by molar-refractivity contribution is -0.126. The van der Waals surface area contributed by atoms with Gasteiger partial charge in [0, 0.05) is 68.6 Å². The molecular weight excluding hydrogens is 967 g/mol. The van der Waals surface area contributed by atoms with Crippen molar-refractivity contribution < 1.29 is 14.4 Å². The molecule has 78 heavy (non-hydrogen) atoms. The molecule has 0 aliphatic heterocycles. The van der Waals surface area contributed by atoms with Crippen molar-refractivity contribution in [3.8, 4) is 0 Å². The number of hydrogen-bond acceptors (Lipinski definition) is 9. The van der Waals surface area contributed by atoms with Crippen LogP contribution in [0.1, 0.15) is 91.2 Å². The second kappa shape index (κ2) is 39.8. The molecule has 15 N–H and O–H groups in total. The Bertz CT molecular complexity index is 2350. The van der Waals surface area contributed by atoms with Gasteiger partial charge in [-0.15, -0.1) is 0 Å². The lowest BCUT2D eigenvalue weighted by atomic mass is 9.92. The molecule has 4 atom stereocenters. The predicted molar refractivity (Wildman–Crippen MR) is 323 cm³/mol. The van der Waals surface area contributed by atoms with Crippen LogP contribution >= 0.6 is 0 Å². The first-order valence-electron chi connectivity index (χ1n) is 28.5. The summed E-state index contributed by atoms with van der Waals surface area (Å²) in [4.78, 5) is 38.1. The number of aryl methyl sites for hydroxylation is 5. The fourth-order valence-corrected chi connectivity index (χ4v) is 9.12. The van der Waals surface area contributed by atoms with Crippen LogP contribution in [0.2, 0.25) is 0 Å². The maximum Gasteiger partial charge on any atom is 0.223 e. The van der Waals surface area contributed by atoms with Crippen LogP contribution < -0.4 is 50.4 Å². The molecule has 420 valence electrons. The topological polar surface area (TPSA) is 243 Å². The molecule has 0 saturated heterocycles. The van der Waals surface area contributed by atoms with Crippen LogP contribution in [-0.4, -0.2) is 75.1 Å². The highest BCUT2D eigenvalue weighted by Gasteiger charge is 2.22. The zero-order chi connectivity index (χ0) is 55.8. The van der Waals surface area contributed by atoms with Crippen LogP contribution in [0.5, 0.6) is 0 Å². The van der Waals surface area contributed by atoms with Gasteiger partial charge in [-0.25, -0.2) is 0 Å². The van der Waals surface area contributed by atoms with Crippen molar-refractivity contribution in [1.29, 1.82) is 0 Å². The molecule has 0 aliphatic carbocycles. The molecule has 6 aromatic rings. The number of nitrogens with one attached hydrogen (secondary N) is 3. The summed E-state index contributed by atoms with van der Waals surface area (Å²) in [5, 5.41) is 9.10. The molecule has 0 saturated carbocycles. The van der Waals surface area contributed by atoms with Crippen LogP contribution in [-0.2, 0) is 52.9 Å². The minimum Gasteiger partial charge on any atom is -0.356 e. The van der Waals surface area contributed by atoms with E-state index in [0.29, 0.717) is 39.3 Å². The number of hydrogen-bond donors (Lipinski definition) is 9.